The Labute approximate surface area is 123 Å². The molecule has 1 atom stereocenters. The van der Waals surface area contributed by atoms with Crippen molar-refractivity contribution in [3.8, 4) is 0 Å². The molecule has 1 unspecified atom stereocenters. The first-order valence-corrected chi connectivity index (χ1v) is 6.80. The summed E-state index contributed by atoms with van der Waals surface area (Å²) < 4.78 is 27.9. The summed E-state index contributed by atoms with van der Waals surface area (Å²) in [6, 6.07) is 8.61. The van der Waals surface area contributed by atoms with Gasteiger partial charge < -0.3 is 5.73 Å². The van der Waals surface area contributed by atoms with E-state index < -0.39 is 17.7 Å². The molecule has 0 aliphatic carbocycles. The van der Waals surface area contributed by atoms with Crippen LogP contribution in [0.2, 0.25) is 5.02 Å². The highest BCUT2D eigenvalue weighted by Crippen LogP contribution is 2.28. The van der Waals surface area contributed by atoms with Crippen molar-refractivity contribution < 1.29 is 8.78 Å². The Morgan fingerprint density at radius 1 is 1.16 bits per heavy atom. The molecule has 0 bridgehead atoms. The van der Waals surface area contributed by atoms with E-state index in [9.17, 15) is 8.78 Å². The lowest BCUT2D eigenvalue weighted by Crippen LogP contribution is -2.16. The van der Waals surface area contributed by atoms with Gasteiger partial charge in [0.25, 0.3) is 0 Å². The monoisotopic (exact) mass is 345 g/mol. The van der Waals surface area contributed by atoms with Crippen molar-refractivity contribution in [3.05, 3.63) is 68.7 Å². The molecule has 1 nitrogen and oxygen atoms in total. The average Bonchev–Trinajstić information content (AvgIpc) is 2.37. The molecule has 0 saturated carbocycles. The van der Waals surface area contributed by atoms with Crippen LogP contribution in [-0.4, -0.2) is 0 Å². The van der Waals surface area contributed by atoms with Gasteiger partial charge >= 0.3 is 0 Å². The van der Waals surface area contributed by atoms with Crippen LogP contribution in [-0.2, 0) is 6.42 Å². The molecule has 2 aromatic rings. The molecule has 0 fully saturated rings. The molecular formula is C14H11BrClF2N. The lowest BCUT2D eigenvalue weighted by Gasteiger charge is -2.15. The average molecular weight is 347 g/mol. The fraction of sp³-hybridized carbons (Fsp3) is 0.143. The van der Waals surface area contributed by atoms with Gasteiger partial charge in [0.1, 0.15) is 11.6 Å². The van der Waals surface area contributed by atoms with Crippen LogP contribution in [0.1, 0.15) is 17.2 Å². The zero-order chi connectivity index (χ0) is 14.0. The Balaban J connectivity index is 2.31. The third kappa shape index (κ3) is 3.14. The summed E-state index contributed by atoms with van der Waals surface area (Å²) in [4.78, 5) is 0. The van der Waals surface area contributed by atoms with E-state index in [1.54, 1.807) is 24.3 Å². The smallest absolute Gasteiger partial charge is 0.142 e. The Morgan fingerprint density at radius 2 is 1.84 bits per heavy atom. The second kappa shape index (κ2) is 5.99. The van der Waals surface area contributed by atoms with Crippen molar-refractivity contribution in [2.75, 3.05) is 0 Å². The van der Waals surface area contributed by atoms with Crippen LogP contribution in [0.15, 0.2) is 40.9 Å². The van der Waals surface area contributed by atoms with Gasteiger partial charge in [0, 0.05) is 22.2 Å². The summed E-state index contributed by atoms with van der Waals surface area (Å²) in [5, 5.41) is 0.297. The van der Waals surface area contributed by atoms with Crippen molar-refractivity contribution in [2.24, 2.45) is 5.73 Å². The van der Waals surface area contributed by atoms with Crippen LogP contribution in [0.4, 0.5) is 8.78 Å². The van der Waals surface area contributed by atoms with Gasteiger partial charge in [-0.2, -0.15) is 0 Å². The predicted octanol–water partition coefficient (Wildman–Crippen LogP) is 4.62. The quantitative estimate of drug-likeness (QED) is 0.862. The second-order valence-corrected chi connectivity index (χ2v) is 5.42. The van der Waals surface area contributed by atoms with E-state index in [0.29, 0.717) is 20.6 Å². The highest BCUT2D eigenvalue weighted by molar-refractivity contribution is 9.10. The SMILES string of the molecule is NC(Cc1c(F)cccc1Cl)c1cccc(Br)c1F. The summed E-state index contributed by atoms with van der Waals surface area (Å²) >= 11 is 9.03. The molecule has 0 aliphatic rings. The first-order chi connectivity index (χ1) is 9.00. The van der Waals surface area contributed by atoms with Crippen molar-refractivity contribution in [3.63, 3.8) is 0 Å². The van der Waals surface area contributed by atoms with Crippen molar-refractivity contribution >= 4 is 27.5 Å². The molecule has 0 aromatic heterocycles. The van der Waals surface area contributed by atoms with E-state index in [2.05, 4.69) is 15.9 Å². The molecular weight excluding hydrogens is 336 g/mol. The predicted molar refractivity (Wildman–Crippen MR) is 76.1 cm³/mol. The van der Waals surface area contributed by atoms with Gasteiger partial charge in [0.05, 0.1) is 4.47 Å². The van der Waals surface area contributed by atoms with E-state index in [-0.39, 0.29) is 6.42 Å². The maximum Gasteiger partial charge on any atom is 0.142 e. The number of hydrogen-bond acceptors (Lipinski definition) is 1. The zero-order valence-corrected chi connectivity index (χ0v) is 12.2. The molecule has 2 N–H and O–H groups in total. The van der Waals surface area contributed by atoms with E-state index in [0.717, 1.165) is 0 Å². The number of benzene rings is 2. The fourth-order valence-corrected chi connectivity index (χ4v) is 2.49. The molecule has 2 rings (SSSR count). The molecule has 0 radical (unpaired) electrons. The summed E-state index contributed by atoms with van der Waals surface area (Å²) in [5.41, 5.74) is 6.58. The third-order valence-corrected chi connectivity index (χ3v) is 3.83. The van der Waals surface area contributed by atoms with Crippen molar-refractivity contribution in [1.82, 2.24) is 0 Å². The number of hydrogen-bond donors (Lipinski definition) is 1. The van der Waals surface area contributed by atoms with Crippen LogP contribution < -0.4 is 5.73 Å². The molecule has 0 aliphatic heterocycles. The van der Waals surface area contributed by atoms with Gasteiger partial charge in [0.2, 0.25) is 0 Å². The molecule has 0 saturated heterocycles. The Hall–Kier alpha value is -0.970. The van der Waals surface area contributed by atoms with E-state index in [1.807, 2.05) is 0 Å². The zero-order valence-electron chi connectivity index (χ0n) is 9.84. The Kier molecular flexibility index (Phi) is 4.55. The molecule has 5 heteroatoms. The largest absolute Gasteiger partial charge is 0.324 e. The standard InChI is InChI=1S/C14H11BrClF2N/c15-10-4-1-3-8(14(10)18)13(19)7-9-11(16)5-2-6-12(9)17/h1-6,13H,7,19H2. The summed E-state index contributed by atoms with van der Waals surface area (Å²) in [6.45, 7) is 0. The summed E-state index contributed by atoms with van der Waals surface area (Å²) in [5.74, 6) is -0.860. The van der Waals surface area contributed by atoms with Crippen LogP contribution in [0, 0.1) is 11.6 Å². The lowest BCUT2D eigenvalue weighted by atomic mass is 9.99. The topological polar surface area (TPSA) is 26.0 Å². The number of nitrogens with two attached hydrogens (primary N) is 1. The summed E-state index contributed by atoms with van der Waals surface area (Å²) in [7, 11) is 0. The van der Waals surface area contributed by atoms with Gasteiger partial charge in [-0.05, 0) is 40.5 Å². The van der Waals surface area contributed by atoms with Crippen LogP contribution in [0.3, 0.4) is 0 Å². The molecule has 0 heterocycles. The molecule has 100 valence electrons. The highest BCUT2D eigenvalue weighted by atomic mass is 79.9. The lowest BCUT2D eigenvalue weighted by molar-refractivity contribution is 0.560. The van der Waals surface area contributed by atoms with E-state index >= 15 is 0 Å². The van der Waals surface area contributed by atoms with Crippen molar-refractivity contribution in [1.29, 1.82) is 0 Å². The molecule has 19 heavy (non-hydrogen) atoms. The summed E-state index contributed by atoms with van der Waals surface area (Å²) in [6.07, 6.45) is 0.138. The third-order valence-electron chi connectivity index (χ3n) is 2.87. The fourth-order valence-electron chi connectivity index (χ4n) is 1.86. The molecule has 2 aromatic carbocycles. The minimum Gasteiger partial charge on any atom is -0.324 e. The number of rotatable bonds is 3. The van der Waals surface area contributed by atoms with Gasteiger partial charge in [-0.1, -0.05) is 29.8 Å². The van der Waals surface area contributed by atoms with Gasteiger partial charge in [-0.15, -0.1) is 0 Å². The Morgan fingerprint density at radius 3 is 2.53 bits per heavy atom. The second-order valence-electron chi connectivity index (χ2n) is 4.15. The first-order valence-electron chi connectivity index (χ1n) is 5.63. The molecule has 0 amide bonds. The van der Waals surface area contributed by atoms with Crippen LogP contribution >= 0.6 is 27.5 Å². The van der Waals surface area contributed by atoms with Crippen LogP contribution in [0.25, 0.3) is 0 Å². The Bertz CT molecular complexity index is 584. The van der Waals surface area contributed by atoms with E-state index in [4.69, 9.17) is 17.3 Å². The maximum absolute atomic E-state index is 13.9. The first kappa shape index (κ1) is 14.4. The number of halogens is 4. The highest BCUT2D eigenvalue weighted by Gasteiger charge is 2.17. The van der Waals surface area contributed by atoms with Crippen LogP contribution in [0.5, 0.6) is 0 Å². The molecule has 0 spiro atoms. The minimum absolute atomic E-state index is 0.138. The van der Waals surface area contributed by atoms with E-state index in [1.165, 1.54) is 12.1 Å². The van der Waals surface area contributed by atoms with Crippen molar-refractivity contribution in [2.45, 2.75) is 12.5 Å². The minimum atomic E-state index is -0.660. The normalized spacial score (nSPS) is 12.5. The maximum atomic E-state index is 13.9. The van der Waals surface area contributed by atoms with Gasteiger partial charge in [0.15, 0.2) is 0 Å². The van der Waals surface area contributed by atoms with Gasteiger partial charge in [-0.25, -0.2) is 8.78 Å². The van der Waals surface area contributed by atoms with Gasteiger partial charge in [-0.3, -0.25) is 0 Å².